The lowest BCUT2D eigenvalue weighted by Gasteiger charge is -2.38. The number of hydrogen-bond acceptors (Lipinski definition) is 8. The van der Waals surface area contributed by atoms with Crippen LogP contribution >= 0.6 is 0 Å². The largest absolute Gasteiger partial charge is 0.497 e. The first-order valence-electron chi connectivity index (χ1n) is 12.5. The summed E-state index contributed by atoms with van der Waals surface area (Å²) in [6.07, 6.45) is 1.31. The predicted octanol–water partition coefficient (Wildman–Crippen LogP) is 2.18. The first kappa shape index (κ1) is 25.6. The molecule has 0 radical (unpaired) electrons. The van der Waals surface area contributed by atoms with Gasteiger partial charge < -0.3 is 23.8 Å². The normalized spacial score (nSPS) is 20.6. The number of methoxy groups -OCH3 is 2. The smallest absolute Gasteiger partial charge is 0.246 e. The van der Waals surface area contributed by atoms with Gasteiger partial charge in [0.2, 0.25) is 22.7 Å². The molecule has 0 spiro atoms. The van der Waals surface area contributed by atoms with Crippen LogP contribution in [0.1, 0.15) is 18.4 Å². The van der Waals surface area contributed by atoms with Gasteiger partial charge in [-0.2, -0.15) is 4.31 Å². The van der Waals surface area contributed by atoms with E-state index in [4.69, 9.17) is 18.9 Å². The molecule has 11 heteroatoms. The number of carbonyl (C=O) groups is 1. The Balaban J connectivity index is 1.20. The average Bonchev–Trinajstić information content (AvgIpc) is 3.41. The van der Waals surface area contributed by atoms with E-state index in [1.807, 2.05) is 23.1 Å². The quantitative estimate of drug-likeness (QED) is 0.536. The molecule has 37 heavy (non-hydrogen) atoms. The van der Waals surface area contributed by atoms with E-state index < -0.39 is 10.0 Å². The maximum Gasteiger partial charge on any atom is 0.246 e. The van der Waals surface area contributed by atoms with Crippen molar-refractivity contribution < 1.29 is 32.2 Å². The highest BCUT2D eigenvalue weighted by Crippen LogP contribution is 2.34. The Morgan fingerprint density at radius 2 is 1.76 bits per heavy atom. The van der Waals surface area contributed by atoms with Crippen molar-refractivity contribution in [2.75, 3.05) is 60.3 Å². The minimum atomic E-state index is -3.85. The number of piperidine rings is 1. The molecule has 2 fully saturated rings. The van der Waals surface area contributed by atoms with Gasteiger partial charge in [0.25, 0.3) is 0 Å². The van der Waals surface area contributed by atoms with E-state index in [9.17, 15) is 13.2 Å². The molecule has 1 atom stereocenters. The number of piperazine rings is 1. The van der Waals surface area contributed by atoms with E-state index in [0.29, 0.717) is 38.2 Å². The highest BCUT2D eigenvalue weighted by Gasteiger charge is 2.37. The lowest BCUT2D eigenvalue weighted by atomic mass is 9.97. The van der Waals surface area contributed by atoms with Crippen molar-refractivity contribution in [3.05, 3.63) is 42.0 Å². The van der Waals surface area contributed by atoms with Gasteiger partial charge >= 0.3 is 0 Å². The first-order valence-corrected chi connectivity index (χ1v) is 13.9. The molecule has 0 aromatic heterocycles. The Labute approximate surface area is 217 Å². The number of amides is 1. The zero-order valence-corrected chi connectivity index (χ0v) is 22.0. The van der Waals surface area contributed by atoms with Crippen molar-refractivity contribution in [3.8, 4) is 23.0 Å². The summed E-state index contributed by atoms with van der Waals surface area (Å²) in [4.78, 5) is 17.6. The van der Waals surface area contributed by atoms with E-state index in [-0.39, 0.29) is 35.8 Å². The first-order chi connectivity index (χ1) is 17.9. The molecule has 1 amide bonds. The van der Waals surface area contributed by atoms with Gasteiger partial charge in [-0.3, -0.25) is 9.69 Å². The lowest BCUT2D eigenvalue weighted by Crippen LogP contribution is -2.52. The summed E-state index contributed by atoms with van der Waals surface area (Å²) in [5.74, 6) is 1.90. The van der Waals surface area contributed by atoms with Gasteiger partial charge in [-0.1, -0.05) is 6.07 Å². The molecular formula is C26H33N3O7S. The van der Waals surface area contributed by atoms with Crippen LogP contribution in [0.15, 0.2) is 41.3 Å². The standard InChI is InChI=1S/C26H33N3O7S/c1-33-21-6-8-23(34-2)25(15-21)37(31,32)29-9-3-4-20(17-29)26(30)28-12-10-27(11-13-28)16-19-5-7-22-24(14-19)36-18-35-22/h5-8,14-15,20H,3-4,9-13,16-18H2,1-2H3/t20-/m1/s1. The Bertz CT molecular complexity index is 1240. The number of sulfonamides is 1. The number of nitrogens with zero attached hydrogens (tertiary/aromatic N) is 3. The molecular weight excluding hydrogens is 498 g/mol. The molecule has 5 rings (SSSR count). The number of ether oxygens (including phenoxy) is 4. The molecule has 0 N–H and O–H groups in total. The summed E-state index contributed by atoms with van der Waals surface area (Å²) in [6, 6.07) is 10.7. The molecule has 0 saturated carbocycles. The van der Waals surface area contributed by atoms with Crippen LogP contribution in [0.5, 0.6) is 23.0 Å². The molecule has 2 aromatic carbocycles. The fourth-order valence-corrected chi connectivity index (χ4v) is 6.86. The Morgan fingerprint density at radius 1 is 0.973 bits per heavy atom. The Hall–Kier alpha value is -3.02. The molecule has 3 heterocycles. The van der Waals surface area contributed by atoms with E-state index in [0.717, 1.165) is 36.7 Å². The van der Waals surface area contributed by atoms with Gasteiger partial charge in [-0.05, 0) is 42.7 Å². The molecule has 200 valence electrons. The maximum atomic E-state index is 13.5. The zero-order chi connectivity index (χ0) is 26.0. The summed E-state index contributed by atoms with van der Waals surface area (Å²) in [5, 5.41) is 0. The van der Waals surface area contributed by atoms with Crippen LogP contribution in [-0.4, -0.2) is 88.7 Å². The predicted molar refractivity (Wildman–Crippen MR) is 135 cm³/mol. The van der Waals surface area contributed by atoms with Gasteiger partial charge in [0.15, 0.2) is 11.5 Å². The van der Waals surface area contributed by atoms with Crippen LogP contribution in [0.3, 0.4) is 0 Å². The van der Waals surface area contributed by atoms with Crippen molar-refractivity contribution in [2.45, 2.75) is 24.3 Å². The highest BCUT2D eigenvalue weighted by atomic mass is 32.2. The second kappa shape index (κ2) is 10.8. The second-order valence-corrected chi connectivity index (χ2v) is 11.4. The molecule has 0 unspecified atom stereocenters. The summed E-state index contributed by atoms with van der Waals surface area (Å²) >= 11 is 0. The van der Waals surface area contributed by atoms with Gasteiger partial charge in [0.05, 0.1) is 20.1 Å². The van der Waals surface area contributed by atoms with Crippen LogP contribution in [0, 0.1) is 5.92 Å². The highest BCUT2D eigenvalue weighted by molar-refractivity contribution is 7.89. The van der Waals surface area contributed by atoms with Crippen molar-refractivity contribution in [1.82, 2.24) is 14.1 Å². The SMILES string of the molecule is COc1ccc(OC)c(S(=O)(=O)N2CCC[C@@H](C(=O)N3CCN(Cc4ccc5c(c4)OCO5)CC3)C2)c1. The van der Waals surface area contributed by atoms with E-state index >= 15 is 0 Å². The van der Waals surface area contributed by atoms with Crippen LogP contribution in [0.2, 0.25) is 0 Å². The number of fused-ring (bicyclic) bond motifs is 1. The Kier molecular flexibility index (Phi) is 7.45. The monoisotopic (exact) mass is 531 g/mol. The number of carbonyl (C=O) groups excluding carboxylic acids is 1. The molecule has 0 bridgehead atoms. The number of rotatable bonds is 7. The molecule has 3 aliphatic heterocycles. The fourth-order valence-electron chi connectivity index (χ4n) is 5.17. The third-order valence-electron chi connectivity index (χ3n) is 7.25. The summed E-state index contributed by atoms with van der Waals surface area (Å²) < 4.78 is 49.8. The minimum absolute atomic E-state index is 0.0280. The van der Waals surface area contributed by atoms with Crippen LogP contribution in [-0.2, 0) is 21.4 Å². The molecule has 3 aliphatic rings. The van der Waals surface area contributed by atoms with Gasteiger partial charge in [0.1, 0.15) is 16.4 Å². The summed E-state index contributed by atoms with van der Waals surface area (Å²) in [7, 11) is -0.923. The third kappa shape index (κ3) is 5.34. The van der Waals surface area contributed by atoms with Crippen molar-refractivity contribution >= 4 is 15.9 Å². The van der Waals surface area contributed by atoms with E-state index in [1.165, 1.54) is 24.6 Å². The molecule has 2 aromatic rings. The van der Waals surface area contributed by atoms with E-state index in [1.54, 1.807) is 12.1 Å². The van der Waals surface area contributed by atoms with Crippen molar-refractivity contribution in [3.63, 3.8) is 0 Å². The number of benzene rings is 2. The van der Waals surface area contributed by atoms with Crippen LogP contribution < -0.4 is 18.9 Å². The molecule has 10 nitrogen and oxygen atoms in total. The van der Waals surface area contributed by atoms with Gasteiger partial charge in [-0.15, -0.1) is 0 Å². The number of hydrogen-bond donors (Lipinski definition) is 0. The molecule has 0 aliphatic carbocycles. The van der Waals surface area contributed by atoms with Crippen molar-refractivity contribution in [1.29, 1.82) is 0 Å². The van der Waals surface area contributed by atoms with Gasteiger partial charge in [-0.25, -0.2) is 8.42 Å². The van der Waals surface area contributed by atoms with Crippen LogP contribution in [0.4, 0.5) is 0 Å². The Morgan fingerprint density at radius 3 is 2.51 bits per heavy atom. The minimum Gasteiger partial charge on any atom is -0.497 e. The lowest BCUT2D eigenvalue weighted by molar-refractivity contribution is -0.138. The topological polar surface area (TPSA) is 97.8 Å². The third-order valence-corrected chi connectivity index (χ3v) is 9.14. The maximum absolute atomic E-state index is 13.5. The average molecular weight is 532 g/mol. The molecule has 2 saturated heterocycles. The second-order valence-electron chi connectivity index (χ2n) is 9.51. The van der Waals surface area contributed by atoms with Gasteiger partial charge in [0, 0.05) is 51.9 Å². The fraction of sp³-hybridized carbons (Fsp3) is 0.500. The van der Waals surface area contributed by atoms with Crippen molar-refractivity contribution in [2.24, 2.45) is 5.92 Å². The summed E-state index contributed by atoms with van der Waals surface area (Å²) in [6.45, 7) is 4.33. The van der Waals surface area contributed by atoms with E-state index in [2.05, 4.69) is 4.90 Å². The summed E-state index contributed by atoms with van der Waals surface area (Å²) in [5.41, 5.74) is 1.14. The zero-order valence-electron chi connectivity index (χ0n) is 21.2. The van der Waals surface area contributed by atoms with Crippen LogP contribution in [0.25, 0.3) is 0 Å².